The lowest BCUT2D eigenvalue weighted by Gasteiger charge is -2.40. The van der Waals surface area contributed by atoms with Gasteiger partial charge in [0, 0.05) is 0 Å². The molecule has 1 N–H and O–H groups in total. The van der Waals surface area contributed by atoms with Crippen molar-refractivity contribution in [3.8, 4) is 0 Å². The lowest BCUT2D eigenvalue weighted by molar-refractivity contribution is -0.146. The quantitative estimate of drug-likeness (QED) is 0.376. The molecule has 158 valence electrons. The Morgan fingerprint density at radius 2 is 1.56 bits per heavy atom. The van der Waals surface area contributed by atoms with Gasteiger partial charge in [0.15, 0.2) is 14.1 Å². The van der Waals surface area contributed by atoms with Crippen LogP contribution in [-0.4, -0.2) is 50.5 Å². The van der Waals surface area contributed by atoms with Crippen LogP contribution < -0.4 is 5.32 Å². The van der Waals surface area contributed by atoms with Crippen LogP contribution >= 0.6 is 0 Å². The molecular weight excluding hydrogens is 366 g/mol. The molecule has 0 rings (SSSR count). The van der Waals surface area contributed by atoms with Crippen LogP contribution in [-0.2, 0) is 23.5 Å². The second-order valence-electron chi connectivity index (χ2n) is 9.16. The molecule has 8 heteroatoms. The summed E-state index contributed by atoms with van der Waals surface area (Å²) >= 11 is 0. The highest BCUT2D eigenvalue weighted by Crippen LogP contribution is 2.37. The molecule has 0 heterocycles. The third-order valence-electron chi connectivity index (χ3n) is 4.40. The number of ketones is 1. The van der Waals surface area contributed by atoms with Gasteiger partial charge in [-0.1, -0.05) is 20.8 Å². The first kappa shape index (κ1) is 25.6. The number of Topliss-reactive ketones (excluding diaryl/α,β-unsaturated/α-hetero) is 1. The Hall–Kier alpha value is -1.41. The van der Waals surface area contributed by atoms with Gasteiger partial charge < -0.3 is 19.2 Å². The second kappa shape index (κ2) is 9.68. The Kier molecular flexibility index (Phi) is 9.18. The standard InChI is InChI=1S/C19H37NO6Si/c1-11-24-15(22)12-14(21)16(20-17(23)25-18(3,4)5)13(2)26-27(9,10)19(6,7)8/h13,16H,11-12H2,1-10H3,(H,20,23). The first-order valence-electron chi connectivity index (χ1n) is 9.36. The van der Waals surface area contributed by atoms with Crippen LogP contribution in [0.25, 0.3) is 0 Å². The highest BCUT2D eigenvalue weighted by molar-refractivity contribution is 6.74. The van der Waals surface area contributed by atoms with E-state index in [9.17, 15) is 14.4 Å². The Morgan fingerprint density at radius 3 is 1.96 bits per heavy atom. The van der Waals surface area contributed by atoms with Gasteiger partial charge >= 0.3 is 12.1 Å². The zero-order valence-corrected chi connectivity index (χ0v) is 19.5. The van der Waals surface area contributed by atoms with Gasteiger partial charge in [0.25, 0.3) is 0 Å². The first-order valence-corrected chi connectivity index (χ1v) is 12.3. The van der Waals surface area contributed by atoms with Crippen LogP contribution in [0.5, 0.6) is 0 Å². The number of nitrogens with one attached hydrogen (secondary N) is 1. The van der Waals surface area contributed by atoms with Gasteiger partial charge in [-0.15, -0.1) is 0 Å². The predicted molar refractivity (Wildman–Crippen MR) is 107 cm³/mol. The van der Waals surface area contributed by atoms with Gasteiger partial charge in [-0.25, -0.2) is 4.79 Å². The van der Waals surface area contributed by atoms with Crippen LogP contribution in [0.1, 0.15) is 61.8 Å². The molecular formula is C19H37NO6Si. The smallest absolute Gasteiger partial charge is 0.408 e. The normalized spacial score (nSPS) is 14.9. The SMILES string of the molecule is CCOC(=O)CC(=O)C(NC(=O)OC(C)(C)C)C(C)O[Si](C)(C)C(C)(C)C. The molecule has 0 radical (unpaired) electrons. The number of carbonyl (C=O) groups is 3. The van der Waals surface area contributed by atoms with E-state index in [0.717, 1.165) is 0 Å². The van der Waals surface area contributed by atoms with E-state index in [1.54, 1.807) is 34.6 Å². The number of carbonyl (C=O) groups excluding carboxylic acids is 3. The van der Waals surface area contributed by atoms with Crippen molar-refractivity contribution in [2.75, 3.05) is 6.61 Å². The van der Waals surface area contributed by atoms with E-state index >= 15 is 0 Å². The lowest BCUT2D eigenvalue weighted by atomic mass is 10.1. The summed E-state index contributed by atoms with van der Waals surface area (Å²) in [6.07, 6.45) is -1.77. The largest absolute Gasteiger partial charge is 0.466 e. The van der Waals surface area contributed by atoms with Gasteiger partial charge in [-0.3, -0.25) is 9.59 Å². The average molecular weight is 404 g/mol. The average Bonchev–Trinajstić information content (AvgIpc) is 2.40. The fourth-order valence-corrected chi connectivity index (χ4v) is 3.49. The number of rotatable bonds is 8. The summed E-state index contributed by atoms with van der Waals surface area (Å²) in [5.41, 5.74) is -0.706. The topological polar surface area (TPSA) is 90.9 Å². The van der Waals surface area contributed by atoms with Gasteiger partial charge in [-0.05, 0) is 52.8 Å². The zero-order chi connectivity index (χ0) is 21.6. The summed E-state index contributed by atoms with van der Waals surface area (Å²) in [6.45, 7) is 19.2. The summed E-state index contributed by atoms with van der Waals surface area (Å²) in [6, 6.07) is -1.00. The van der Waals surface area contributed by atoms with E-state index < -0.39 is 50.3 Å². The van der Waals surface area contributed by atoms with Crippen molar-refractivity contribution in [3.05, 3.63) is 0 Å². The van der Waals surface area contributed by atoms with Gasteiger partial charge in [0.2, 0.25) is 0 Å². The van der Waals surface area contributed by atoms with E-state index in [4.69, 9.17) is 13.9 Å². The van der Waals surface area contributed by atoms with Crippen LogP contribution in [0.4, 0.5) is 4.79 Å². The van der Waals surface area contributed by atoms with Crippen molar-refractivity contribution in [2.24, 2.45) is 0 Å². The van der Waals surface area contributed by atoms with E-state index in [1.165, 1.54) is 0 Å². The Balaban J connectivity index is 5.41. The number of ether oxygens (including phenoxy) is 2. The highest BCUT2D eigenvalue weighted by atomic mass is 28.4. The number of hydrogen-bond acceptors (Lipinski definition) is 6. The molecule has 0 aliphatic heterocycles. The summed E-state index contributed by atoms with van der Waals surface area (Å²) < 4.78 is 16.4. The minimum Gasteiger partial charge on any atom is -0.466 e. The maximum Gasteiger partial charge on any atom is 0.408 e. The van der Waals surface area contributed by atoms with Gasteiger partial charge in [0.05, 0.1) is 12.7 Å². The van der Waals surface area contributed by atoms with Crippen molar-refractivity contribution in [1.29, 1.82) is 0 Å². The summed E-state index contributed by atoms with van der Waals surface area (Å²) in [7, 11) is -2.19. The zero-order valence-electron chi connectivity index (χ0n) is 18.5. The van der Waals surface area contributed by atoms with Gasteiger partial charge in [-0.2, -0.15) is 0 Å². The fraction of sp³-hybridized carbons (Fsp3) is 0.842. The minimum atomic E-state index is -2.19. The molecule has 0 aliphatic rings. The maximum absolute atomic E-state index is 12.7. The van der Waals surface area contributed by atoms with Crippen molar-refractivity contribution in [3.63, 3.8) is 0 Å². The molecule has 0 bridgehead atoms. The number of esters is 1. The third kappa shape index (κ3) is 9.37. The van der Waals surface area contributed by atoms with Crippen molar-refractivity contribution < 1.29 is 28.3 Å². The molecule has 2 atom stereocenters. The molecule has 1 amide bonds. The van der Waals surface area contributed by atoms with Crippen LogP contribution in [0, 0.1) is 0 Å². The molecule has 27 heavy (non-hydrogen) atoms. The van der Waals surface area contributed by atoms with E-state index in [1.807, 2.05) is 0 Å². The molecule has 0 aromatic rings. The van der Waals surface area contributed by atoms with Crippen LogP contribution in [0.3, 0.4) is 0 Å². The summed E-state index contributed by atoms with van der Waals surface area (Å²) in [4.78, 5) is 36.6. The molecule has 0 aromatic heterocycles. The molecule has 0 aliphatic carbocycles. The molecule has 0 saturated heterocycles. The number of hydrogen-bond donors (Lipinski definition) is 1. The molecule has 0 spiro atoms. The lowest BCUT2D eigenvalue weighted by Crippen LogP contribution is -2.54. The molecule has 7 nitrogen and oxygen atoms in total. The first-order chi connectivity index (χ1) is 12.0. The van der Waals surface area contributed by atoms with Crippen LogP contribution in [0.15, 0.2) is 0 Å². The Morgan fingerprint density at radius 1 is 1.04 bits per heavy atom. The van der Waals surface area contributed by atoms with Crippen LogP contribution in [0.2, 0.25) is 18.1 Å². The summed E-state index contributed by atoms with van der Waals surface area (Å²) in [5, 5.41) is 2.51. The predicted octanol–water partition coefficient (Wildman–Crippen LogP) is 3.81. The van der Waals surface area contributed by atoms with E-state index in [-0.39, 0.29) is 11.6 Å². The van der Waals surface area contributed by atoms with Crippen molar-refractivity contribution in [2.45, 2.75) is 97.7 Å². The molecule has 2 unspecified atom stereocenters. The highest BCUT2D eigenvalue weighted by Gasteiger charge is 2.41. The monoisotopic (exact) mass is 403 g/mol. The van der Waals surface area contributed by atoms with Crippen molar-refractivity contribution >= 4 is 26.2 Å². The number of alkyl carbamates (subject to hydrolysis) is 1. The van der Waals surface area contributed by atoms with Crippen molar-refractivity contribution in [1.82, 2.24) is 5.32 Å². The molecule has 0 saturated carbocycles. The minimum absolute atomic E-state index is 0.0675. The maximum atomic E-state index is 12.7. The Bertz CT molecular complexity index is 533. The second-order valence-corrected chi connectivity index (χ2v) is 13.9. The van der Waals surface area contributed by atoms with E-state index in [2.05, 4.69) is 39.2 Å². The summed E-state index contributed by atoms with van der Waals surface area (Å²) in [5.74, 6) is -1.09. The van der Waals surface area contributed by atoms with E-state index in [0.29, 0.717) is 0 Å². The fourth-order valence-electron chi connectivity index (χ4n) is 2.07. The number of amides is 1. The third-order valence-corrected chi connectivity index (χ3v) is 8.97. The van der Waals surface area contributed by atoms with Gasteiger partial charge in [0.1, 0.15) is 18.1 Å². The Labute approximate surface area is 164 Å². The molecule has 0 fully saturated rings. The molecule has 0 aromatic carbocycles.